The second-order valence-electron chi connectivity index (χ2n) is 5.12. The summed E-state index contributed by atoms with van der Waals surface area (Å²) >= 11 is 5.77. The van der Waals surface area contributed by atoms with Crippen LogP contribution in [0.15, 0.2) is 72.8 Å². The van der Waals surface area contributed by atoms with Gasteiger partial charge in [0.1, 0.15) is 0 Å². The second-order valence-corrected chi connectivity index (χ2v) is 7.15. The van der Waals surface area contributed by atoms with Crippen molar-refractivity contribution in [3.05, 3.63) is 83.2 Å². The molecular weight excluding hydrogens is 340 g/mol. The molecule has 1 atom stereocenters. The maximum Gasteiger partial charge on any atom is 0.0744 e. The quantitative estimate of drug-likeness (QED) is 0.359. The first-order chi connectivity index (χ1) is 10.3. The van der Waals surface area contributed by atoms with Crippen LogP contribution in [0.25, 0.3) is 20.9 Å². The highest BCUT2D eigenvalue weighted by molar-refractivity contribution is 9.09. The van der Waals surface area contributed by atoms with Gasteiger partial charge in [-0.15, -0.1) is 11.3 Å². The number of halogens is 1. The zero-order valence-corrected chi connectivity index (χ0v) is 13.7. The van der Waals surface area contributed by atoms with E-state index < -0.39 is 0 Å². The Bertz CT molecular complexity index is 885. The zero-order valence-electron chi connectivity index (χ0n) is 11.3. The van der Waals surface area contributed by atoms with Crippen LogP contribution in [-0.2, 0) is 0 Å². The minimum Gasteiger partial charge on any atom is -0.139 e. The Kier molecular flexibility index (Phi) is 3.28. The topological polar surface area (TPSA) is 0 Å². The molecule has 1 unspecified atom stereocenters. The van der Waals surface area contributed by atoms with Crippen LogP contribution in [0.2, 0.25) is 0 Å². The van der Waals surface area contributed by atoms with Crippen molar-refractivity contribution >= 4 is 48.1 Å². The molecular formula is C19H13BrS. The van der Waals surface area contributed by atoms with Crippen LogP contribution >= 0.6 is 27.3 Å². The van der Waals surface area contributed by atoms with E-state index in [0.717, 1.165) is 0 Å². The standard InChI is InChI=1S/C19H13BrS/c20-19(18-12-14-7-2-4-11-17(14)21-18)16-10-5-8-13-6-1-3-9-15(13)16/h1-12,19H. The van der Waals surface area contributed by atoms with Crippen LogP contribution in [0, 0.1) is 0 Å². The number of fused-ring (bicyclic) bond motifs is 2. The Hall–Kier alpha value is -1.64. The highest BCUT2D eigenvalue weighted by atomic mass is 79.9. The first kappa shape index (κ1) is 13.1. The minimum absolute atomic E-state index is 0.237. The maximum atomic E-state index is 3.90. The molecule has 0 spiro atoms. The summed E-state index contributed by atoms with van der Waals surface area (Å²) in [5.41, 5.74) is 1.33. The molecule has 0 nitrogen and oxygen atoms in total. The molecule has 0 saturated carbocycles. The van der Waals surface area contributed by atoms with Gasteiger partial charge < -0.3 is 0 Å². The molecule has 1 aromatic heterocycles. The second kappa shape index (κ2) is 5.28. The number of rotatable bonds is 2. The van der Waals surface area contributed by atoms with Crippen LogP contribution in [0.1, 0.15) is 15.3 Å². The number of thiophene rings is 1. The Morgan fingerprint density at radius 2 is 1.48 bits per heavy atom. The molecule has 0 amide bonds. The van der Waals surface area contributed by atoms with Gasteiger partial charge in [-0.1, -0.05) is 76.6 Å². The molecule has 1 heterocycles. The molecule has 0 fully saturated rings. The fourth-order valence-corrected chi connectivity index (χ4v) is 4.63. The Labute approximate surface area is 136 Å². The van der Waals surface area contributed by atoms with Gasteiger partial charge in [-0.05, 0) is 33.9 Å². The molecule has 0 aliphatic heterocycles. The zero-order chi connectivity index (χ0) is 14.2. The summed E-state index contributed by atoms with van der Waals surface area (Å²) < 4.78 is 1.34. The molecule has 0 radical (unpaired) electrons. The summed E-state index contributed by atoms with van der Waals surface area (Å²) in [7, 11) is 0. The molecule has 0 saturated heterocycles. The van der Waals surface area contributed by atoms with E-state index in [0.29, 0.717) is 0 Å². The van der Waals surface area contributed by atoms with Gasteiger partial charge in [-0.2, -0.15) is 0 Å². The van der Waals surface area contributed by atoms with E-state index in [1.807, 2.05) is 11.3 Å². The van der Waals surface area contributed by atoms with Gasteiger partial charge in [-0.25, -0.2) is 0 Å². The molecule has 4 aromatic rings. The third-order valence-corrected chi connectivity index (χ3v) is 6.26. The molecule has 0 N–H and O–H groups in total. The lowest BCUT2D eigenvalue weighted by Gasteiger charge is -2.11. The summed E-state index contributed by atoms with van der Waals surface area (Å²) in [6.45, 7) is 0. The van der Waals surface area contributed by atoms with E-state index in [-0.39, 0.29) is 4.83 Å². The predicted molar refractivity (Wildman–Crippen MR) is 96.5 cm³/mol. The fourth-order valence-electron chi connectivity index (χ4n) is 2.75. The monoisotopic (exact) mass is 352 g/mol. The van der Waals surface area contributed by atoms with Crippen LogP contribution in [0.5, 0.6) is 0 Å². The summed E-state index contributed by atoms with van der Waals surface area (Å²) in [6, 6.07) is 25.9. The van der Waals surface area contributed by atoms with Crippen molar-refractivity contribution in [3.63, 3.8) is 0 Å². The van der Waals surface area contributed by atoms with Gasteiger partial charge in [0.25, 0.3) is 0 Å². The Balaban J connectivity index is 1.87. The Morgan fingerprint density at radius 1 is 0.762 bits per heavy atom. The summed E-state index contributed by atoms with van der Waals surface area (Å²) in [6.07, 6.45) is 0. The van der Waals surface area contributed by atoms with Crippen molar-refractivity contribution in [3.8, 4) is 0 Å². The molecule has 2 heteroatoms. The number of alkyl halides is 1. The van der Waals surface area contributed by atoms with E-state index in [1.165, 1.54) is 31.3 Å². The van der Waals surface area contributed by atoms with Crippen LogP contribution < -0.4 is 0 Å². The maximum absolute atomic E-state index is 3.90. The van der Waals surface area contributed by atoms with Crippen molar-refractivity contribution in [2.45, 2.75) is 4.83 Å². The number of hydrogen-bond acceptors (Lipinski definition) is 1. The first-order valence-corrected chi connectivity index (χ1v) is 8.66. The summed E-state index contributed by atoms with van der Waals surface area (Å²) in [5.74, 6) is 0. The minimum atomic E-state index is 0.237. The van der Waals surface area contributed by atoms with E-state index in [1.54, 1.807) is 0 Å². The summed E-state index contributed by atoms with van der Waals surface area (Å²) in [5, 5.41) is 3.93. The Morgan fingerprint density at radius 3 is 2.33 bits per heavy atom. The van der Waals surface area contributed by atoms with Gasteiger partial charge >= 0.3 is 0 Å². The van der Waals surface area contributed by atoms with E-state index in [9.17, 15) is 0 Å². The molecule has 0 aliphatic rings. The van der Waals surface area contributed by atoms with E-state index >= 15 is 0 Å². The van der Waals surface area contributed by atoms with Crippen LogP contribution in [0.3, 0.4) is 0 Å². The third-order valence-electron chi connectivity index (χ3n) is 3.79. The smallest absolute Gasteiger partial charge is 0.0744 e. The van der Waals surface area contributed by atoms with Crippen molar-refractivity contribution in [2.75, 3.05) is 0 Å². The molecule has 4 rings (SSSR count). The van der Waals surface area contributed by atoms with Crippen molar-refractivity contribution in [1.29, 1.82) is 0 Å². The third kappa shape index (κ3) is 2.29. The van der Waals surface area contributed by atoms with Crippen molar-refractivity contribution in [2.24, 2.45) is 0 Å². The van der Waals surface area contributed by atoms with Gasteiger partial charge in [-0.3, -0.25) is 0 Å². The average molecular weight is 353 g/mol. The number of benzene rings is 3. The van der Waals surface area contributed by atoms with Gasteiger partial charge in [0.05, 0.1) is 4.83 Å². The predicted octanol–water partition coefficient (Wildman–Crippen LogP) is 6.54. The number of hydrogen-bond donors (Lipinski definition) is 0. The fraction of sp³-hybridized carbons (Fsp3) is 0.0526. The van der Waals surface area contributed by atoms with Crippen LogP contribution in [0.4, 0.5) is 0 Å². The molecule has 3 aromatic carbocycles. The molecule has 21 heavy (non-hydrogen) atoms. The van der Waals surface area contributed by atoms with Gasteiger partial charge in [0, 0.05) is 9.58 Å². The van der Waals surface area contributed by atoms with E-state index in [4.69, 9.17) is 0 Å². The molecule has 0 aliphatic carbocycles. The molecule has 102 valence electrons. The van der Waals surface area contributed by atoms with Crippen molar-refractivity contribution in [1.82, 2.24) is 0 Å². The van der Waals surface area contributed by atoms with E-state index in [2.05, 4.69) is 88.7 Å². The van der Waals surface area contributed by atoms with Gasteiger partial charge in [0.15, 0.2) is 0 Å². The van der Waals surface area contributed by atoms with Crippen molar-refractivity contribution < 1.29 is 0 Å². The lowest BCUT2D eigenvalue weighted by Crippen LogP contribution is -1.91. The normalized spacial score (nSPS) is 12.8. The molecule has 0 bridgehead atoms. The first-order valence-electron chi connectivity index (χ1n) is 6.93. The lowest BCUT2D eigenvalue weighted by molar-refractivity contribution is 1.25. The highest BCUT2D eigenvalue weighted by Gasteiger charge is 2.15. The largest absolute Gasteiger partial charge is 0.139 e. The average Bonchev–Trinajstić information content (AvgIpc) is 2.97. The van der Waals surface area contributed by atoms with Gasteiger partial charge in [0.2, 0.25) is 0 Å². The lowest BCUT2D eigenvalue weighted by atomic mass is 10.0. The van der Waals surface area contributed by atoms with Crippen LogP contribution in [-0.4, -0.2) is 0 Å². The summed E-state index contributed by atoms with van der Waals surface area (Å²) in [4.78, 5) is 1.59. The SMILES string of the molecule is BrC(c1cc2ccccc2s1)c1cccc2ccccc12. The highest BCUT2D eigenvalue weighted by Crippen LogP contribution is 2.40.